The molecule has 1 rings (SSSR count). The van der Waals surface area contributed by atoms with E-state index in [4.69, 9.17) is 26.2 Å². The van der Waals surface area contributed by atoms with Gasteiger partial charge >= 0.3 is 5.97 Å². The van der Waals surface area contributed by atoms with Gasteiger partial charge in [0.2, 0.25) is 0 Å². The molecule has 0 atom stereocenters. The number of hydrogen-bond acceptors (Lipinski definition) is 3. The average molecular weight is 231 g/mol. The molecule has 0 saturated carbocycles. The minimum absolute atomic E-state index is 0.0368. The van der Waals surface area contributed by atoms with E-state index < -0.39 is 5.97 Å². The highest BCUT2D eigenvalue weighted by Crippen LogP contribution is 2.28. The van der Waals surface area contributed by atoms with Crippen LogP contribution in [-0.4, -0.2) is 24.8 Å². The Bertz CT molecular complexity index is 351. The summed E-state index contributed by atoms with van der Waals surface area (Å²) in [5.41, 5.74) is 0. The molecule has 0 bridgehead atoms. The van der Waals surface area contributed by atoms with Gasteiger partial charge in [0.1, 0.15) is 11.5 Å². The zero-order valence-corrected chi connectivity index (χ0v) is 8.95. The fourth-order valence-corrected chi connectivity index (χ4v) is 1.18. The molecular formula is C10H11ClO4. The van der Waals surface area contributed by atoms with Crippen molar-refractivity contribution in [2.45, 2.75) is 6.42 Å². The van der Waals surface area contributed by atoms with Crippen LogP contribution in [0.25, 0.3) is 0 Å². The molecule has 0 heterocycles. The number of aliphatic carboxylic acids is 1. The Morgan fingerprint density at radius 1 is 1.53 bits per heavy atom. The predicted molar refractivity (Wildman–Crippen MR) is 55.8 cm³/mol. The highest BCUT2D eigenvalue weighted by molar-refractivity contribution is 6.32. The van der Waals surface area contributed by atoms with Crippen molar-refractivity contribution < 1.29 is 19.4 Å². The molecule has 0 unspecified atom stereocenters. The minimum Gasteiger partial charge on any atom is -0.495 e. The first kappa shape index (κ1) is 11.7. The molecule has 0 aliphatic heterocycles. The monoisotopic (exact) mass is 230 g/mol. The second kappa shape index (κ2) is 5.46. The molecule has 0 amide bonds. The lowest BCUT2D eigenvalue weighted by molar-refractivity contribution is -0.137. The van der Waals surface area contributed by atoms with E-state index in [2.05, 4.69) is 0 Å². The van der Waals surface area contributed by atoms with Gasteiger partial charge in [0.15, 0.2) is 0 Å². The number of halogens is 1. The van der Waals surface area contributed by atoms with Gasteiger partial charge in [-0.25, -0.2) is 0 Å². The highest BCUT2D eigenvalue weighted by atomic mass is 35.5. The van der Waals surface area contributed by atoms with Gasteiger partial charge in [-0.3, -0.25) is 4.79 Å². The number of hydrogen-bond donors (Lipinski definition) is 1. The quantitative estimate of drug-likeness (QED) is 0.843. The largest absolute Gasteiger partial charge is 0.495 e. The second-order valence-electron chi connectivity index (χ2n) is 2.79. The lowest BCUT2D eigenvalue weighted by atomic mass is 10.3. The SMILES string of the molecule is COc1cc(OCCC(=O)O)ccc1Cl. The third kappa shape index (κ3) is 3.67. The van der Waals surface area contributed by atoms with E-state index in [1.54, 1.807) is 18.2 Å². The van der Waals surface area contributed by atoms with E-state index in [-0.39, 0.29) is 13.0 Å². The van der Waals surface area contributed by atoms with Crippen LogP contribution in [0, 0.1) is 0 Å². The lowest BCUT2D eigenvalue weighted by Gasteiger charge is -2.07. The molecule has 0 fully saturated rings. The third-order valence-corrected chi connectivity index (χ3v) is 2.02. The number of carbonyl (C=O) groups is 1. The van der Waals surface area contributed by atoms with E-state index in [1.165, 1.54) is 7.11 Å². The van der Waals surface area contributed by atoms with Crippen molar-refractivity contribution in [3.8, 4) is 11.5 Å². The summed E-state index contributed by atoms with van der Waals surface area (Å²) in [7, 11) is 1.50. The summed E-state index contributed by atoms with van der Waals surface area (Å²) in [5, 5.41) is 8.90. The van der Waals surface area contributed by atoms with Crippen LogP contribution in [0.3, 0.4) is 0 Å². The van der Waals surface area contributed by atoms with Gasteiger partial charge in [-0.1, -0.05) is 11.6 Å². The van der Waals surface area contributed by atoms with E-state index in [0.717, 1.165) is 0 Å². The number of carboxylic acids is 1. The maximum Gasteiger partial charge on any atom is 0.306 e. The first-order valence-corrected chi connectivity index (χ1v) is 4.69. The number of methoxy groups -OCH3 is 1. The van der Waals surface area contributed by atoms with Crippen molar-refractivity contribution in [1.29, 1.82) is 0 Å². The summed E-state index contributed by atoms with van der Waals surface area (Å²) >= 11 is 5.81. The zero-order chi connectivity index (χ0) is 11.3. The summed E-state index contributed by atoms with van der Waals surface area (Å²) in [5.74, 6) is 0.151. The molecule has 5 heteroatoms. The van der Waals surface area contributed by atoms with Gasteiger partial charge in [0, 0.05) is 6.07 Å². The smallest absolute Gasteiger partial charge is 0.306 e. The summed E-state index contributed by atoms with van der Waals surface area (Å²) in [4.78, 5) is 10.2. The molecule has 0 aliphatic rings. The third-order valence-electron chi connectivity index (χ3n) is 1.71. The zero-order valence-electron chi connectivity index (χ0n) is 8.20. The van der Waals surface area contributed by atoms with Gasteiger partial charge in [-0.05, 0) is 12.1 Å². The predicted octanol–water partition coefficient (Wildman–Crippen LogP) is 2.20. The maximum atomic E-state index is 10.2. The molecule has 1 aromatic carbocycles. The van der Waals surface area contributed by atoms with Crippen molar-refractivity contribution in [1.82, 2.24) is 0 Å². The normalized spacial score (nSPS) is 9.73. The first-order chi connectivity index (χ1) is 7.13. The maximum absolute atomic E-state index is 10.2. The topological polar surface area (TPSA) is 55.8 Å². The Labute approximate surface area is 92.4 Å². The molecular weight excluding hydrogens is 220 g/mol. The summed E-state index contributed by atoms with van der Waals surface area (Å²) < 4.78 is 10.2. The molecule has 0 aliphatic carbocycles. The van der Waals surface area contributed by atoms with Crippen LogP contribution in [0.5, 0.6) is 11.5 Å². The van der Waals surface area contributed by atoms with Crippen molar-refractivity contribution >= 4 is 17.6 Å². The van der Waals surface area contributed by atoms with Crippen molar-refractivity contribution in [2.75, 3.05) is 13.7 Å². The number of rotatable bonds is 5. The van der Waals surface area contributed by atoms with Crippen LogP contribution in [0.4, 0.5) is 0 Å². The molecule has 0 spiro atoms. The Hall–Kier alpha value is -1.42. The fourth-order valence-electron chi connectivity index (χ4n) is 0.986. The van der Waals surface area contributed by atoms with E-state index in [0.29, 0.717) is 16.5 Å². The summed E-state index contributed by atoms with van der Waals surface area (Å²) in [6.07, 6.45) is -0.0368. The Morgan fingerprint density at radius 2 is 2.27 bits per heavy atom. The Morgan fingerprint density at radius 3 is 2.87 bits per heavy atom. The van der Waals surface area contributed by atoms with Gasteiger partial charge in [-0.15, -0.1) is 0 Å². The second-order valence-corrected chi connectivity index (χ2v) is 3.20. The van der Waals surface area contributed by atoms with Crippen LogP contribution in [0.1, 0.15) is 6.42 Å². The van der Waals surface area contributed by atoms with E-state index >= 15 is 0 Å². The van der Waals surface area contributed by atoms with Crippen LogP contribution in [-0.2, 0) is 4.79 Å². The standard InChI is InChI=1S/C10H11ClO4/c1-14-9-6-7(2-3-8(9)11)15-5-4-10(12)13/h2-3,6H,4-5H2,1H3,(H,12,13). The molecule has 4 nitrogen and oxygen atoms in total. The van der Waals surface area contributed by atoms with Crippen molar-refractivity contribution in [3.63, 3.8) is 0 Å². The highest BCUT2D eigenvalue weighted by Gasteiger charge is 2.03. The van der Waals surface area contributed by atoms with Crippen LogP contribution < -0.4 is 9.47 Å². The Balaban J connectivity index is 2.58. The number of ether oxygens (including phenoxy) is 2. The molecule has 82 valence electrons. The van der Waals surface area contributed by atoms with Gasteiger partial charge in [-0.2, -0.15) is 0 Å². The number of carboxylic acid groups (broad SMARTS) is 1. The summed E-state index contributed by atoms with van der Waals surface area (Å²) in [6, 6.07) is 4.91. The van der Waals surface area contributed by atoms with E-state index in [9.17, 15) is 4.79 Å². The van der Waals surface area contributed by atoms with Crippen LogP contribution in [0.2, 0.25) is 5.02 Å². The number of benzene rings is 1. The minimum atomic E-state index is -0.893. The molecule has 0 radical (unpaired) electrons. The average Bonchev–Trinajstić information content (AvgIpc) is 2.20. The van der Waals surface area contributed by atoms with Crippen LogP contribution >= 0.6 is 11.6 Å². The first-order valence-electron chi connectivity index (χ1n) is 4.31. The van der Waals surface area contributed by atoms with Crippen molar-refractivity contribution in [3.05, 3.63) is 23.2 Å². The van der Waals surface area contributed by atoms with Gasteiger partial charge in [0.05, 0.1) is 25.2 Å². The summed E-state index contributed by atoms with van der Waals surface area (Å²) in [6.45, 7) is 0.125. The Kier molecular flexibility index (Phi) is 4.24. The lowest BCUT2D eigenvalue weighted by Crippen LogP contribution is -2.04. The van der Waals surface area contributed by atoms with Gasteiger partial charge in [0.25, 0.3) is 0 Å². The van der Waals surface area contributed by atoms with E-state index in [1.807, 2.05) is 0 Å². The van der Waals surface area contributed by atoms with Crippen molar-refractivity contribution in [2.24, 2.45) is 0 Å². The fraction of sp³-hybridized carbons (Fsp3) is 0.300. The molecule has 15 heavy (non-hydrogen) atoms. The molecule has 0 aromatic heterocycles. The molecule has 0 saturated heterocycles. The molecule has 1 aromatic rings. The van der Waals surface area contributed by atoms with Gasteiger partial charge < -0.3 is 14.6 Å². The van der Waals surface area contributed by atoms with Crippen LogP contribution in [0.15, 0.2) is 18.2 Å². The molecule has 1 N–H and O–H groups in total.